The quantitative estimate of drug-likeness (QED) is 0.784. The van der Waals surface area contributed by atoms with E-state index in [9.17, 15) is 9.59 Å². The summed E-state index contributed by atoms with van der Waals surface area (Å²) in [4.78, 5) is 28.2. The van der Waals surface area contributed by atoms with Crippen LogP contribution >= 0.6 is 0 Å². The third kappa shape index (κ3) is 4.13. The molecule has 2 aromatic rings. The van der Waals surface area contributed by atoms with E-state index in [4.69, 9.17) is 18.9 Å². The van der Waals surface area contributed by atoms with Crippen molar-refractivity contribution in [3.8, 4) is 0 Å². The molecule has 0 saturated carbocycles. The van der Waals surface area contributed by atoms with Crippen LogP contribution in [-0.4, -0.2) is 54.7 Å². The van der Waals surface area contributed by atoms with Crippen LogP contribution in [0.5, 0.6) is 0 Å². The first-order chi connectivity index (χ1) is 13.7. The maximum absolute atomic E-state index is 12.2. The molecular formula is C20H20N2O6. The second-order valence-corrected chi connectivity index (χ2v) is 6.56. The third-order valence-corrected chi connectivity index (χ3v) is 4.68. The minimum atomic E-state index is -0.551. The highest BCUT2D eigenvalue weighted by Gasteiger charge is 2.51. The van der Waals surface area contributed by atoms with Crippen molar-refractivity contribution in [2.45, 2.75) is 31.0 Å². The first kappa shape index (κ1) is 18.4. The maximum atomic E-state index is 12.2. The predicted molar refractivity (Wildman–Crippen MR) is 96.5 cm³/mol. The smallest absolute Gasteiger partial charge is 0.407 e. The molecule has 4 rings (SSSR count). The fourth-order valence-corrected chi connectivity index (χ4v) is 3.27. The third-order valence-electron chi connectivity index (χ3n) is 4.68. The minimum Gasteiger partial charge on any atom is -0.453 e. The molecule has 0 aliphatic carbocycles. The van der Waals surface area contributed by atoms with Crippen LogP contribution in [0, 0.1) is 0 Å². The van der Waals surface area contributed by atoms with E-state index in [1.165, 1.54) is 12.4 Å². The monoisotopic (exact) mass is 384 g/mol. The number of fused-ring (bicyclic) bond motifs is 1. The number of aromatic nitrogens is 1. The molecule has 4 unspecified atom stereocenters. The number of rotatable bonds is 5. The summed E-state index contributed by atoms with van der Waals surface area (Å²) in [5, 5.41) is 2.71. The van der Waals surface area contributed by atoms with E-state index >= 15 is 0 Å². The van der Waals surface area contributed by atoms with Gasteiger partial charge in [-0.3, -0.25) is 4.98 Å². The second kappa shape index (κ2) is 8.37. The zero-order valence-corrected chi connectivity index (χ0v) is 15.0. The zero-order valence-electron chi connectivity index (χ0n) is 15.0. The number of ether oxygens (including phenoxy) is 4. The molecule has 2 fully saturated rings. The van der Waals surface area contributed by atoms with Gasteiger partial charge in [0.2, 0.25) is 0 Å². The van der Waals surface area contributed by atoms with Crippen molar-refractivity contribution >= 4 is 12.1 Å². The van der Waals surface area contributed by atoms with Crippen LogP contribution in [0.15, 0.2) is 54.9 Å². The highest BCUT2D eigenvalue weighted by molar-refractivity contribution is 5.89. The van der Waals surface area contributed by atoms with Crippen LogP contribution in [0.3, 0.4) is 0 Å². The highest BCUT2D eigenvalue weighted by Crippen LogP contribution is 2.31. The van der Waals surface area contributed by atoms with Crippen molar-refractivity contribution in [1.29, 1.82) is 0 Å². The number of amides is 1. The number of pyridine rings is 1. The van der Waals surface area contributed by atoms with Gasteiger partial charge in [0.25, 0.3) is 0 Å². The highest BCUT2D eigenvalue weighted by atomic mass is 16.7. The van der Waals surface area contributed by atoms with Gasteiger partial charge in [0.05, 0.1) is 18.8 Å². The summed E-state index contributed by atoms with van der Waals surface area (Å²) in [6.07, 6.45) is 0.481. The molecule has 1 aromatic heterocycles. The van der Waals surface area contributed by atoms with E-state index in [0.29, 0.717) is 12.1 Å². The summed E-state index contributed by atoms with van der Waals surface area (Å²) in [7, 11) is 0. The van der Waals surface area contributed by atoms with Crippen molar-refractivity contribution in [2.24, 2.45) is 0 Å². The molecule has 0 bridgehead atoms. The molecular weight excluding hydrogens is 364 g/mol. The van der Waals surface area contributed by atoms with E-state index < -0.39 is 36.5 Å². The Labute approximate surface area is 161 Å². The molecule has 0 spiro atoms. The Morgan fingerprint density at radius 2 is 1.61 bits per heavy atom. The van der Waals surface area contributed by atoms with Crippen molar-refractivity contribution in [3.05, 3.63) is 66.0 Å². The number of nitrogens with zero attached hydrogens (tertiary/aromatic N) is 1. The summed E-state index contributed by atoms with van der Waals surface area (Å²) < 4.78 is 22.3. The Hall–Kier alpha value is -2.97. The van der Waals surface area contributed by atoms with E-state index in [-0.39, 0.29) is 13.2 Å². The van der Waals surface area contributed by atoms with Crippen LogP contribution in [0.1, 0.15) is 15.9 Å². The van der Waals surface area contributed by atoms with Gasteiger partial charge >= 0.3 is 12.1 Å². The fourth-order valence-electron chi connectivity index (χ4n) is 3.27. The number of carbonyl (C=O) groups excluding carboxylic acids is 2. The van der Waals surface area contributed by atoms with Crippen LogP contribution in [-0.2, 0) is 25.5 Å². The van der Waals surface area contributed by atoms with Gasteiger partial charge in [-0.05, 0) is 17.7 Å². The van der Waals surface area contributed by atoms with E-state index in [2.05, 4.69) is 10.3 Å². The number of hydrogen-bond donors (Lipinski definition) is 1. The van der Waals surface area contributed by atoms with Crippen LogP contribution in [0.25, 0.3) is 0 Å². The number of carbonyl (C=O) groups is 2. The largest absolute Gasteiger partial charge is 0.453 e. The molecule has 8 nitrogen and oxygen atoms in total. The van der Waals surface area contributed by atoms with Gasteiger partial charge in [-0.1, -0.05) is 30.3 Å². The van der Waals surface area contributed by atoms with Crippen molar-refractivity contribution in [3.63, 3.8) is 0 Å². The molecule has 1 N–H and O–H groups in total. The Morgan fingerprint density at radius 1 is 0.964 bits per heavy atom. The molecule has 0 radical (unpaired) electrons. The number of hydrogen-bond acceptors (Lipinski definition) is 7. The number of nitrogens with one attached hydrogen (secondary N) is 1. The standard InChI is InChI=1S/C20H20N2O6/c23-19(14-6-8-21-9-7-14)27-15-11-25-18-16(12-26-17(15)18)28-20(24)22-10-13-4-2-1-3-5-13/h1-9,15-18H,10-12H2,(H,22,24). The molecule has 2 saturated heterocycles. The summed E-state index contributed by atoms with van der Waals surface area (Å²) in [6, 6.07) is 12.7. The summed E-state index contributed by atoms with van der Waals surface area (Å²) >= 11 is 0. The summed E-state index contributed by atoms with van der Waals surface area (Å²) in [6.45, 7) is 0.753. The van der Waals surface area contributed by atoms with E-state index in [1.54, 1.807) is 12.1 Å². The summed E-state index contributed by atoms with van der Waals surface area (Å²) in [5.74, 6) is -0.467. The van der Waals surface area contributed by atoms with Crippen molar-refractivity contribution < 1.29 is 28.5 Å². The number of benzene rings is 1. The Bertz CT molecular complexity index is 816. The minimum absolute atomic E-state index is 0.192. The lowest BCUT2D eigenvalue weighted by atomic mass is 10.1. The Morgan fingerprint density at radius 3 is 2.29 bits per heavy atom. The number of alkyl carbamates (subject to hydrolysis) is 1. The molecule has 3 heterocycles. The molecule has 2 aliphatic heterocycles. The SMILES string of the molecule is O=C(NCc1ccccc1)OC1COC2C(OC(=O)c3ccncc3)COC12. The van der Waals surface area contributed by atoms with Crippen molar-refractivity contribution in [2.75, 3.05) is 13.2 Å². The van der Waals surface area contributed by atoms with Gasteiger partial charge in [0.1, 0.15) is 12.2 Å². The fraction of sp³-hybridized carbons (Fsp3) is 0.350. The molecule has 1 aromatic carbocycles. The zero-order chi connectivity index (χ0) is 19.3. The lowest BCUT2D eigenvalue weighted by Crippen LogP contribution is -2.38. The summed E-state index contributed by atoms with van der Waals surface area (Å²) in [5.41, 5.74) is 1.38. The lowest BCUT2D eigenvalue weighted by Gasteiger charge is -2.17. The molecule has 4 atom stereocenters. The van der Waals surface area contributed by atoms with Gasteiger partial charge in [-0.25, -0.2) is 9.59 Å². The van der Waals surface area contributed by atoms with Crippen LogP contribution < -0.4 is 5.32 Å². The second-order valence-electron chi connectivity index (χ2n) is 6.56. The topological polar surface area (TPSA) is 96.0 Å². The molecule has 2 aliphatic rings. The lowest BCUT2D eigenvalue weighted by molar-refractivity contribution is -0.0231. The predicted octanol–water partition coefficient (Wildman–Crippen LogP) is 1.70. The van der Waals surface area contributed by atoms with Gasteiger partial charge in [-0.2, -0.15) is 0 Å². The number of esters is 1. The maximum Gasteiger partial charge on any atom is 0.407 e. The average molecular weight is 384 g/mol. The molecule has 1 amide bonds. The van der Waals surface area contributed by atoms with Crippen LogP contribution in [0.4, 0.5) is 4.79 Å². The normalized spacial score (nSPS) is 25.7. The van der Waals surface area contributed by atoms with Gasteiger partial charge in [0.15, 0.2) is 12.2 Å². The van der Waals surface area contributed by atoms with E-state index in [0.717, 1.165) is 5.56 Å². The Kier molecular flexibility index (Phi) is 5.50. The van der Waals surface area contributed by atoms with Gasteiger partial charge in [0, 0.05) is 18.9 Å². The van der Waals surface area contributed by atoms with Crippen LogP contribution in [0.2, 0.25) is 0 Å². The Balaban J connectivity index is 1.27. The molecule has 146 valence electrons. The average Bonchev–Trinajstić information content (AvgIpc) is 3.31. The van der Waals surface area contributed by atoms with Gasteiger partial charge < -0.3 is 24.3 Å². The molecule has 8 heteroatoms. The first-order valence-electron chi connectivity index (χ1n) is 9.03. The van der Waals surface area contributed by atoms with Gasteiger partial charge in [-0.15, -0.1) is 0 Å². The molecule has 28 heavy (non-hydrogen) atoms. The van der Waals surface area contributed by atoms with Crippen molar-refractivity contribution in [1.82, 2.24) is 10.3 Å². The first-order valence-corrected chi connectivity index (χ1v) is 9.03. The van der Waals surface area contributed by atoms with E-state index in [1.807, 2.05) is 30.3 Å².